The molecule has 0 spiro atoms. The van der Waals surface area contributed by atoms with Crippen LogP contribution in [0.2, 0.25) is 0 Å². The summed E-state index contributed by atoms with van der Waals surface area (Å²) in [6.07, 6.45) is 0. The van der Waals surface area contributed by atoms with E-state index in [-0.39, 0.29) is 12.5 Å². The summed E-state index contributed by atoms with van der Waals surface area (Å²) in [7, 11) is 1.49. The van der Waals surface area contributed by atoms with Crippen molar-refractivity contribution < 1.29 is 19.1 Å². The van der Waals surface area contributed by atoms with Gasteiger partial charge in [-0.05, 0) is 43.5 Å². The van der Waals surface area contributed by atoms with Crippen molar-refractivity contribution in [1.82, 2.24) is 4.90 Å². The highest BCUT2D eigenvalue weighted by Gasteiger charge is 2.17. The smallest absolute Gasteiger partial charge is 0.338 e. The van der Waals surface area contributed by atoms with Gasteiger partial charge in [-0.3, -0.25) is 9.59 Å². The molecule has 142 valence electrons. The van der Waals surface area contributed by atoms with E-state index >= 15 is 0 Å². The largest absolute Gasteiger partial charge is 0.452 e. The number of esters is 1. The lowest BCUT2D eigenvalue weighted by atomic mass is 10.1. The Morgan fingerprint density at radius 3 is 2.15 bits per heavy atom. The second-order valence-corrected chi connectivity index (χ2v) is 6.46. The zero-order valence-corrected chi connectivity index (χ0v) is 16.0. The monoisotopic (exact) mass is 368 g/mol. The summed E-state index contributed by atoms with van der Waals surface area (Å²) in [6, 6.07) is 12.7. The SMILES string of the molecule is Cc1ccccc1C(=O)OCC(=O)N(C)CC(=O)Nc1c(C)cccc1C. The lowest BCUT2D eigenvalue weighted by molar-refractivity contribution is -0.136. The Hall–Kier alpha value is -3.15. The van der Waals surface area contributed by atoms with Gasteiger partial charge in [0, 0.05) is 12.7 Å². The fraction of sp³-hybridized carbons (Fsp3) is 0.286. The predicted molar refractivity (Wildman–Crippen MR) is 104 cm³/mol. The molecule has 6 heteroatoms. The number of carbonyl (C=O) groups excluding carboxylic acids is 3. The molecule has 0 radical (unpaired) electrons. The molecule has 2 aromatic rings. The number of hydrogen-bond acceptors (Lipinski definition) is 4. The summed E-state index contributed by atoms with van der Waals surface area (Å²) in [5.74, 6) is -1.32. The van der Waals surface area contributed by atoms with Crippen molar-refractivity contribution in [3.05, 3.63) is 64.7 Å². The van der Waals surface area contributed by atoms with E-state index in [2.05, 4.69) is 5.32 Å². The molecule has 2 rings (SSSR count). The first-order chi connectivity index (χ1) is 12.8. The number of nitrogens with zero attached hydrogens (tertiary/aromatic N) is 1. The third-order valence-electron chi connectivity index (χ3n) is 4.24. The van der Waals surface area contributed by atoms with Crippen LogP contribution in [0.5, 0.6) is 0 Å². The Morgan fingerprint density at radius 1 is 0.926 bits per heavy atom. The minimum atomic E-state index is -0.560. The highest BCUT2D eigenvalue weighted by Crippen LogP contribution is 2.19. The number of benzene rings is 2. The van der Waals surface area contributed by atoms with Crippen molar-refractivity contribution in [2.75, 3.05) is 25.5 Å². The van der Waals surface area contributed by atoms with Crippen LogP contribution in [-0.4, -0.2) is 42.9 Å². The van der Waals surface area contributed by atoms with Crippen molar-refractivity contribution >= 4 is 23.5 Å². The number of anilines is 1. The number of nitrogens with one attached hydrogen (secondary N) is 1. The predicted octanol–water partition coefficient (Wildman–Crippen LogP) is 2.87. The molecule has 0 heterocycles. The second-order valence-electron chi connectivity index (χ2n) is 6.46. The Balaban J connectivity index is 1.87. The second kappa shape index (κ2) is 8.98. The highest BCUT2D eigenvalue weighted by molar-refractivity contribution is 5.96. The number of carbonyl (C=O) groups is 3. The molecule has 27 heavy (non-hydrogen) atoms. The quantitative estimate of drug-likeness (QED) is 0.796. The zero-order valence-electron chi connectivity index (χ0n) is 16.0. The molecular formula is C21H24N2O4. The molecule has 0 aliphatic heterocycles. The van der Waals surface area contributed by atoms with Crippen LogP contribution in [0.4, 0.5) is 5.69 Å². The summed E-state index contributed by atoms with van der Waals surface area (Å²) in [5.41, 5.74) is 3.83. The van der Waals surface area contributed by atoms with E-state index < -0.39 is 18.5 Å². The van der Waals surface area contributed by atoms with Crippen molar-refractivity contribution in [1.29, 1.82) is 0 Å². The van der Waals surface area contributed by atoms with E-state index in [4.69, 9.17) is 4.74 Å². The summed E-state index contributed by atoms with van der Waals surface area (Å²) < 4.78 is 5.07. The van der Waals surface area contributed by atoms with Gasteiger partial charge in [0.2, 0.25) is 5.91 Å². The van der Waals surface area contributed by atoms with Crippen LogP contribution in [-0.2, 0) is 14.3 Å². The van der Waals surface area contributed by atoms with Crippen LogP contribution < -0.4 is 5.32 Å². The zero-order chi connectivity index (χ0) is 20.0. The average molecular weight is 368 g/mol. The normalized spacial score (nSPS) is 10.2. The molecule has 0 fully saturated rings. The number of amides is 2. The number of hydrogen-bond donors (Lipinski definition) is 1. The Morgan fingerprint density at radius 2 is 1.52 bits per heavy atom. The molecular weight excluding hydrogens is 344 g/mol. The molecule has 0 bridgehead atoms. The molecule has 6 nitrogen and oxygen atoms in total. The molecule has 0 aliphatic rings. The van der Waals surface area contributed by atoms with Gasteiger partial charge in [-0.25, -0.2) is 4.79 Å². The summed E-state index contributed by atoms with van der Waals surface area (Å²) in [4.78, 5) is 37.7. The summed E-state index contributed by atoms with van der Waals surface area (Å²) in [5, 5.41) is 2.82. The maximum absolute atomic E-state index is 12.2. The van der Waals surface area contributed by atoms with Crippen LogP contribution in [0.15, 0.2) is 42.5 Å². The van der Waals surface area contributed by atoms with Crippen molar-refractivity contribution in [3.8, 4) is 0 Å². The number of rotatable bonds is 6. The fourth-order valence-electron chi connectivity index (χ4n) is 2.61. The summed E-state index contributed by atoms with van der Waals surface area (Å²) in [6.45, 7) is 5.06. The van der Waals surface area contributed by atoms with E-state index in [1.807, 2.05) is 38.1 Å². The van der Waals surface area contributed by atoms with Gasteiger partial charge in [0.25, 0.3) is 5.91 Å². The van der Waals surface area contributed by atoms with Gasteiger partial charge in [0.1, 0.15) is 0 Å². The Kier molecular flexibility index (Phi) is 6.71. The summed E-state index contributed by atoms with van der Waals surface area (Å²) >= 11 is 0. The molecule has 1 N–H and O–H groups in total. The van der Waals surface area contributed by atoms with Crippen LogP contribution in [0.25, 0.3) is 0 Å². The molecule has 0 atom stereocenters. The third-order valence-corrected chi connectivity index (χ3v) is 4.24. The third kappa shape index (κ3) is 5.41. The first-order valence-electron chi connectivity index (χ1n) is 8.62. The Labute approximate surface area is 159 Å². The van der Waals surface area contributed by atoms with E-state index in [0.29, 0.717) is 5.56 Å². The van der Waals surface area contributed by atoms with Gasteiger partial charge in [0.15, 0.2) is 6.61 Å². The standard InChI is InChI=1S/C21H24N2O4/c1-14-8-5-6-11-17(14)21(26)27-13-19(25)23(4)12-18(24)22-20-15(2)9-7-10-16(20)3/h5-11H,12-13H2,1-4H3,(H,22,24). The maximum Gasteiger partial charge on any atom is 0.338 e. The number of aryl methyl sites for hydroxylation is 3. The van der Waals surface area contributed by atoms with Crippen molar-refractivity contribution in [2.45, 2.75) is 20.8 Å². The van der Waals surface area contributed by atoms with Gasteiger partial charge < -0.3 is 15.0 Å². The van der Waals surface area contributed by atoms with Crippen LogP contribution in [0.1, 0.15) is 27.0 Å². The molecule has 0 unspecified atom stereocenters. The number of likely N-dealkylation sites (N-methyl/N-ethyl adjacent to an activating group) is 1. The van der Waals surface area contributed by atoms with Gasteiger partial charge in [-0.2, -0.15) is 0 Å². The van der Waals surface area contributed by atoms with Crippen molar-refractivity contribution in [3.63, 3.8) is 0 Å². The van der Waals surface area contributed by atoms with E-state index in [0.717, 1.165) is 22.4 Å². The van der Waals surface area contributed by atoms with Crippen LogP contribution in [0, 0.1) is 20.8 Å². The first-order valence-corrected chi connectivity index (χ1v) is 8.62. The minimum Gasteiger partial charge on any atom is -0.452 e. The van der Waals surface area contributed by atoms with Gasteiger partial charge in [0.05, 0.1) is 12.1 Å². The van der Waals surface area contributed by atoms with Crippen LogP contribution in [0.3, 0.4) is 0 Å². The van der Waals surface area contributed by atoms with Gasteiger partial charge >= 0.3 is 5.97 Å². The van der Waals surface area contributed by atoms with Gasteiger partial charge in [-0.15, -0.1) is 0 Å². The van der Waals surface area contributed by atoms with E-state index in [1.165, 1.54) is 11.9 Å². The van der Waals surface area contributed by atoms with Gasteiger partial charge in [-0.1, -0.05) is 36.4 Å². The van der Waals surface area contributed by atoms with E-state index in [9.17, 15) is 14.4 Å². The fourth-order valence-corrected chi connectivity index (χ4v) is 2.61. The number of ether oxygens (including phenoxy) is 1. The van der Waals surface area contributed by atoms with Crippen molar-refractivity contribution in [2.24, 2.45) is 0 Å². The molecule has 0 saturated carbocycles. The Bertz CT molecular complexity index is 841. The first kappa shape index (κ1) is 20.2. The average Bonchev–Trinajstić information content (AvgIpc) is 2.63. The topological polar surface area (TPSA) is 75.7 Å². The maximum atomic E-state index is 12.2. The van der Waals surface area contributed by atoms with Crippen LogP contribution >= 0.6 is 0 Å². The number of para-hydroxylation sites is 1. The minimum absolute atomic E-state index is 0.130. The van der Waals surface area contributed by atoms with E-state index in [1.54, 1.807) is 25.1 Å². The highest BCUT2D eigenvalue weighted by atomic mass is 16.5. The molecule has 0 aromatic heterocycles. The molecule has 0 saturated heterocycles. The lowest BCUT2D eigenvalue weighted by Crippen LogP contribution is -2.37. The molecule has 2 amide bonds. The molecule has 2 aromatic carbocycles. The lowest BCUT2D eigenvalue weighted by Gasteiger charge is -2.18. The molecule has 0 aliphatic carbocycles.